The van der Waals surface area contributed by atoms with Crippen molar-refractivity contribution in [1.29, 1.82) is 0 Å². The molecule has 0 atom stereocenters. The number of hydrogen-bond donors (Lipinski definition) is 1. The van der Waals surface area contributed by atoms with Crippen LogP contribution < -0.4 is 0 Å². The lowest BCUT2D eigenvalue weighted by Gasteiger charge is -1.97. The van der Waals surface area contributed by atoms with Crippen molar-refractivity contribution < 1.29 is 23.6 Å². The number of aromatic carboxylic acids is 1. The number of carboxylic acids is 1. The molecule has 0 unspecified atom stereocenters. The third kappa shape index (κ3) is 2.55. The molecule has 20 heavy (non-hydrogen) atoms. The number of carboxylic acid groups (broad SMARTS) is 1. The van der Waals surface area contributed by atoms with Gasteiger partial charge in [-0.25, -0.2) is 4.79 Å². The van der Waals surface area contributed by atoms with E-state index in [-0.39, 0.29) is 18.9 Å². The summed E-state index contributed by atoms with van der Waals surface area (Å²) in [5, 5.41) is 13.1. The summed E-state index contributed by atoms with van der Waals surface area (Å²) in [6.07, 6.45) is 0. The van der Waals surface area contributed by atoms with Crippen molar-refractivity contribution in [1.82, 2.24) is 5.16 Å². The molecule has 0 radical (unpaired) electrons. The normalized spacial score (nSPS) is 11.0. The third-order valence-corrected chi connectivity index (χ3v) is 2.74. The average molecular weight is 273 g/mol. The molecule has 0 amide bonds. The monoisotopic (exact) mass is 273 g/mol. The Hall–Kier alpha value is -2.60. The molecule has 0 fully saturated rings. The molecule has 1 aromatic carbocycles. The Balaban J connectivity index is 1.60. The van der Waals surface area contributed by atoms with Crippen LogP contribution in [0, 0.1) is 0 Å². The van der Waals surface area contributed by atoms with E-state index in [0.29, 0.717) is 11.5 Å². The van der Waals surface area contributed by atoms with Crippen molar-refractivity contribution in [3.8, 4) is 0 Å². The Morgan fingerprint density at radius 3 is 2.75 bits per heavy atom. The Morgan fingerprint density at radius 2 is 2.00 bits per heavy atom. The van der Waals surface area contributed by atoms with Crippen LogP contribution in [0.3, 0.4) is 0 Å². The van der Waals surface area contributed by atoms with E-state index < -0.39 is 5.97 Å². The maximum absolute atomic E-state index is 10.6. The van der Waals surface area contributed by atoms with Gasteiger partial charge in [0.15, 0.2) is 11.5 Å². The second-order valence-corrected chi connectivity index (χ2v) is 4.23. The first-order valence-corrected chi connectivity index (χ1v) is 5.96. The Kier molecular flexibility index (Phi) is 3.22. The van der Waals surface area contributed by atoms with E-state index in [4.69, 9.17) is 18.8 Å². The fourth-order valence-electron chi connectivity index (χ4n) is 1.84. The molecule has 0 spiro atoms. The van der Waals surface area contributed by atoms with Crippen LogP contribution in [0.15, 0.2) is 45.3 Å². The van der Waals surface area contributed by atoms with E-state index in [1.807, 2.05) is 30.3 Å². The summed E-state index contributed by atoms with van der Waals surface area (Å²) < 4.78 is 15.8. The summed E-state index contributed by atoms with van der Waals surface area (Å²) in [7, 11) is 0. The average Bonchev–Trinajstić information content (AvgIpc) is 3.04. The van der Waals surface area contributed by atoms with Crippen LogP contribution in [0.25, 0.3) is 11.0 Å². The Bertz CT molecular complexity index is 710. The number of para-hydroxylation sites is 1. The molecule has 1 N–H and O–H groups in total. The van der Waals surface area contributed by atoms with Crippen molar-refractivity contribution in [3.05, 3.63) is 53.6 Å². The van der Waals surface area contributed by atoms with Gasteiger partial charge in [-0.3, -0.25) is 0 Å². The summed E-state index contributed by atoms with van der Waals surface area (Å²) in [5.74, 6) is -0.0695. The van der Waals surface area contributed by atoms with E-state index in [1.165, 1.54) is 6.07 Å². The molecular weight excluding hydrogens is 262 g/mol. The molecule has 6 nitrogen and oxygen atoms in total. The summed E-state index contributed by atoms with van der Waals surface area (Å²) in [4.78, 5) is 10.6. The molecule has 6 heteroatoms. The van der Waals surface area contributed by atoms with Gasteiger partial charge in [0, 0.05) is 11.5 Å². The summed E-state index contributed by atoms with van der Waals surface area (Å²) in [5.41, 5.74) is 0.672. The molecule has 0 aliphatic rings. The number of carbonyl (C=O) groups is 1. The second-order valence-electron chi connectivity index (χ2n) is 4.23. The lowest BCUT2D eigenvalue weighted by molar-refractivity contribution is 0.0681. The molecule has 0 saturated heterocycles. The van der Waals surface area contributed by atoms with Gasteiger partial charge in [0.05, 0.1) is 0 Å². The molecule has 2 heterocycles. The summed E-state index contributed by atoms with van der Waals surface area (Å²) in [6.45, 7) is 0.412. The maximum atomic E-state index is 10.6. The van der Waals surface area contributed by atoms with Crippen LogP contribution in [0.4, 0.5) is 0 Å². The number of aromatic nitrogens is 1. The van der Waals surface area contributed by atoms with Gasteiger partial charge in [0.1, 0.15) is 24.6 Å². The van der Waals surface area contributed by atoms with Crippen molar-refractivity contribution in [2.45, 2.75) is 13.2 Å². The predicted molar refractivity (Wildman–Crippen MR) is 68.2 cm³/mol. The van der Waals surface area contributed by atoms with E-state index in [0.717, 1.165) is 11.0 Å². The summed E-state index contributed by atoms with van der Waals surface area (Å²) in [6, 6.07) is 10.9. The highest BCUT2D eigenvalue weighted by atomic mass is 16.5. The number of furan rings is 1. The second kappa shape index (κ2) is 5.18. The lowest BCUT2D eigenvalue weighted by atomic mass is 10.2. The van der Waals surface area contributed by atoms with Gasteiger partial charge in [-0.1, -0.05) is 23.4 Å². The van der Waals surface area contributed by atoms with Gasteiger partial charge in [0.2, 0.25) is 0 Å². The van der Waals surface area contributed by atoms with E-state index in [1.54, 1.807) is 0 Å². The minimum Gasteiger partial charge on any atom is -0.476 e. The largest absolute Gasteiger partial charge is 0.476 e. The van der Waals surface area contributed by atoms with E-state index in [2.05, 4.69) is 5.16 Å². The topological polar surface area (TPSA) is 85.7 Å². The molecule has 3 rings (SSSR count). The van der Waals surface area contributed by atoms with E-state index >= 15 is 0 Å². The summed E-state index contributed by atoms with van der Waals surface area (Å²) >= 11 is 0. The molecular formula is C14H11NO5. The lowest BCUT2D eigenvalue weighted by Crippen LogP contribution is -1.95. The van der Waals surface area contributed by atoms with Gasteiger partial charge >= 0.3 is 5.97 Å². The highest BCUT2D eigenvalue weighted by Crippen LogP contribution is 2.19. The minimum absolute atomic E-state index is 0.132. The van der Waals surface area contributed by atoms with Crippen LogP contribution in [-0.2, 0) is 18.0 Å². The highest BCUT2D eigenvalue weighted by molar-refractivity contribution is 5.85. The zero-order valence-corrected chi connectivity index (χ0v) is 10.4. The molecule has 102 valence electrons. The van der Waals surface area contributed by atoms with Gasteiger partial charge in [0.25, 0.3) is 0 Å². The van der Waals surface area contributed by atoms with Gasteiger partial charge in [-0.05, 0) is 12.1 Å². The number of rotatable bonds is 5. The molecule has 2 aromatic heterocycles. The van der Waals surface area contributed by atoms with Crippen LogP contribution in [0.2, 0.25) is 0 Å². The Morgan fingerprint density at radius 1 is 1.20 bits per heavy atom. The Labute approximate surface area is 113 Å². The predicted octanol–water partition coefficient (Wildman–Crippen LogP) is 2.84. The van der Waals surface area contributed by atoms with E-state index in [9.17, 15) is 4.79 Å². The molecule has 0 bridgehead atoms. The number of ether oxygens (including phenoxy) is 1. The van der Waals surface area contributed by atoms with Gasteiger partial charge < -0.3 is 18.8 Å². The SMILES string of the molecule is O=C(O)c1cc(COCc2cc3ccccc3o2)on1. The van der Waals surface area contributed by atoms with Gasteiger partial charge in [-0.2, -0.15) is 0 Å². The fraction of sp³-hybridized carbons (Fsp3) is 0.143. The van der Waals surface area contributed by atoms with Crippen molar-refractivity contribution >= 4 is 16.9 Å². The zero-order chi connectivity index (χ0) is 13.9. The number of nitrogens with zero attached hydrogens (tertiary/aromatic N) is 1. The minimum atomic E-state index is -1.13. The number of fused-ring (bicyclic) bond motifs is 1. The smallest absolute Gasteiger partial charge is 0.358 e. The maximum Gasteiger partial charge on any atom is 0.358 e. The van der Waals surface area contributed by atoms with Crippen LogP contribution in [0.5, 0.6) is 0 Å². The standard InChI is InChI=1S/C14H11NO5/c16-14(17)12-6-11(20-15-12)8-18-7-10-5-9-3-1-2-4-13(9)19-10/h1-6H,7-8H2,(H,16,17). The van der Waals surface area contributed by atoms with Crippen LogP contribution >= 0.6 is 0 Å². The molecule has 0 saturated carbocycles. The van der Waals surface area contributed by atoms with Crippen LogP contribution in [-0.4, -0.2) is 16.2 Å². The molecule has 0 aliphatic carbocycles. The zero-order valence-electron chi connectivity index (χ0n) is 10.4. The first-order chi connectivity index (χ1) is 9.72. The first-order valence-electron chi connectivity index (χ1n) is 5.96. The first kappa shape index (κ1) is 12.4. The van der Waals surface area contributed by atoms with Crippen molar-refractivity contribution in [3.63, 3.8) is 0 Å². The van der Waals surface area contributed by atoms with Crippen LogP contribution in [0.1, 0.15) is 22.0 Å². The van der Waals surface area contributed by atoms with Gasteiger partial charge in [-0.15, -0.1) is 0 Å². The van der Waals surface area contributed by atoms with Crippen molar-refractivity contribution in [2.75, 3.05) is 0 Å². The third-order valence-electron chi connectivity index (χ3n) is 2.74. The highest BCUT2D eigenvalue weighted by Gasteiger charge is 2.11. The van der Waals surface area contributed by atoms with Crippen molar-refractivity contribution in [2.24, 2.45) is 0 Å². The quantitative estimate of drug-likeness (QED) is 0.769. The molecule has 0 aliphatic heterocycles. The number of hydrogen-bond acceptors (Lipinski definition) is 5. The molecule has 3 aromatic rings. The fourth-order valence-corrected chi connectivity index (χ4v) is 1.84. The number of benzene rings is 1.